The summed E-state index contributed by atoms with van der Waals surface area (Å²) >= 11 is 1.51. The Kier molecular flexibility index (Phi) is 10.2. The summed E-state index contributed by atoms with van der Waals surface area (Å²) in [4.78, 5) is 59.4. The lowest BCUT2D eigenvalue weighted by molar-refractivity contribution is -0.142. The summed E-state index contributed by atoms with van der Waals surface area (Å²) in [5.74, 6) is -2.01. The van der Waals surface area contributed by atoms with Gasteiger partial charge in [0.2, 0.25) is 27.7 Å². The van der Waals surface area contributed by atoms with Gasteiger partial charge in [-0.1, -0.05) is 33.4 Å². The minimum Gasteiger partial charge on any atom is -0.472 e. The highest BCUT2D eigenvalue weighted by Gasteiger charge is 2.47. The minimum atomic E-state index is -3.91. The number of nitrogens with one attached hydrogen (secondary N) is 3. The van der Waals surface area contributed by atoms with Crippen LogP contribution in [0.4, 0.5) is 4.79 Å². The zero-order valence-corrected chi connectivity index (χ0v) is 28.4. The number of aromatic nitrogens is 1. The molecule has 46 heavy (non-hydrogen) atoms. The number of ether oxygens (including phenoxy) is 2. The average Bonchev–Trinajstić information content (AvgIpc) is 3.55. The van der Waals surface area contributed by atoms with Crippen molar-refractivity contribution in [3.05, 3.63) is 48.1 Å². The zero-order chi connectivity index (χ0) is 34.0. The Bertz CT molecular complexity index is 1650. The van der Waals surface area contributed by atoms with Gasteiger partial charge in [0.25, 0.3) is 5.91 Å². The number of carbonyl (C=O) groups excluding carboxylic acids is 4. The summed E-state index contributed by atoms with van der Waals surface area (Å²) in [6.07, 6.45) is 3.43. The Hall–Kier alpha value is -3.98. The van der Waals surface area contributed by atoms with Gasteiger partial charge < -0.3 is 25.0 Å². The third-order valence-electron chi connectivity index (χ3n) is 7.23. The van der Waals surface area contributed by atoms with Gasteiger partial charge in [0, 0.05) is 17.3 Å². The molecule has 3 heterocycles. The van der Waals surface area contributed by atoms with Gasteiger partial charge in [-0.25, -0.2) is 22.9 Å². The maximum absolute atomic E-state index is 14.2. The number of pyridine rings is 1. The molecule has 13 nitrogen and oxygen atoms in total. The van der Waals surface area contributed by atoms with Crippen LogP contribution in [0, 0.1) is 5.41 Å². The van der Waals surface area contributed by atoms with E-state index in [0.717, 1.165) is 10.1 Å². The number of amides is 4. The largest absolute Gasteiger partial charge is 0.472 e. The van der Waals surface area contributed by atoms with Gasteiger partial charge in [-0.2, -0.15) is 0 Å². The molecule has 2 aromatic rings. The van der Waals surface area contributed by atoms with Crippen molar-refractivity contribution in [2.24, 2.45) is 5.41 Å². The molecule has 2 aliphatic rings. The van der Waals surface area contributed by atoms with Crippen molar-refractivity contribution >= 4 is 55.3 Å². The highest BCUT2D eigenvalue weighted by molar-refractivity contribution is 7.91. The van der Waals surface area contributed by atoms with E-state index in [1.54, 1.807) is 47.7 Å². The predicted octanol–water partition coefficient (Wildman–Crippen LogP) is 3.38. The van der Waals surface area contributed by atoms with Gasteiger partial charge >= 0.3 is 6.09 Å². The molecule has 0 unspecified atom stereocenters. The number of sulfonamides is 1. The fraction of sp³-hybridized carbons (Fsp3) is 0.516. The van der Waals surface area contributed by atoms with Crippen LogP contribution in [0.2, 0.25) is 0 Å². The zero-order valence-electron chi connectivity index (χ0n) is 26.8. The second-order valence-corrected chi connectivity index (χ2v) is 16.3. The number of nitrogens with zero attached hydrogens (tertiary/aromatic N) is 2. The first kappa shape index (κ1) is 34.9. The van der Waals surface area contributed by atoms with E-state index in [-0.39, 0.29) is 18.7 Å². The first-order valence-electron chi connectivity index (χ1n) is 14.9. The van der Waals surface area contributed by atoms with Crippen molar-refractivity contribution in [1.29, 1.82) is 0 Å². The molecule has 4 rings (SSSR count). The SMILES string of the molecule is C=C/C=C(/NC(=O)[C@@H]1C[C@@H](Oc2nccc3sccc23)CN1C(=O)[C@@H](NC(=O)OC(C)(C)C)C(C)(C)C)C(=O)NS(=O)(=O)C1CC1. The molecule has 0 radical (unpaired) electrons. The molecule has 1 aliphatic heterocycles. The average molecular weight is 676 g/mol. The highest BCUT2D eigenvalue weighted by atomic mass is 32.2. The minimum absolute atomic E-state index is 0.0203. The molecule has 2 fully saturated rings. The smallest absolute Gasteiger partial charge is 0.408 e. The monoisotopic (exact) mass is 675 g/mol. The molecule has 3 atom stereocenters. The summed E-state index contributed by atoms with van der Waals surface area (Å²) in [5, 5.41) is 7.17. The van der Waals surface area contributed by atoms with E-state index in [4.69, 9.17) is 9.47 Å². The molecule has 0 spiro atoms. The Morgan fingerprint density at radius 3 is 2.43 bits per heavy atom. The summed E-state index contributed by atoms with van der Waals surface area (Å²) in [6.45, 7) is 13.9. The van der Waals surface area contributed by atoms with Crippen LogP contribution in [0.25, 0.3) is 10.1 Å². The van der Waals surface area contributed by atoms with Crippen LogP contribution in [-0.2, 0) is 29.1 Å². The molecule has 2 aromatic heterocycles. The predicted molar refractivity (Wildman–Crippen MR) is 173 cm³/mol. The number of thiophene rings is 1. The molecular formula is C31H41N5O8S2. The third kappa shape index (κ3) is 8.63. The van der Waals surface area contributed by atoms with Gasteiger partial charge in [0.05, 0.1) is 17.2 Å². The van der Waals surface area contributed by atoms with Crippen LogP contribution >= 0.6 is 11.3 Å². The van der Waals surface area contributed by atoms with Crippen LogP contribution < -0.4 is 20.1 Å². The lowest BCUT2D eigenvalue weighted by Crippen LogP contribution is -2.58. The molecule has 1 saturated carbocycles. The van der Waals surface area contributed by atoms with Gasteiger partial charge in [-0.3, -0.25) is 14.4 Å². The second kappa shape index (κ2) is 13.4. The second-order valence-electron chi connectivity index (χ2n) is 13.4. The molecule has 1 aliphatic carbocycles. The number of alkyl carbamates (subject to hydrolysis) is 1. The Morgan fingerprint density at radius 2 is 1.83 bits per heavy atom. The molecule has 1 saturated heterocycles. The van der Waals surface area contributed by atoms with Crippen LogP contribution in [0.15, 0.2) is 48.1 Å². The third-order valence-corrected chi connectivity index (χ3v) is 9.93. The van der Waals surface area contributed by atoms with Crippen molar-refractivity contribution in [2.45, 2.75) is 89.8 Å². The van der Waals surface area contributed by atoms with Crippen LogP contribution in [0.3, 0.4) is 0 Å². The van der Waals surface area contributed by atoms with Crippen LogP contribution in [0.5, 0.6) is 5.88 Å². The maximum Gasteiger partial charge on any atom is 0.408 e. The summed E-state index contributed by atoms with van der Waals surface area (Å²) in [5.41, 5.74) is -1.98. The van der Waals surface area contributed by atoms with E-state index < -0.39 is 68.3 Å². The first-order valence-corrected chi connectivity index (χ1v) is 17.3. The van der Waals surface area contributed by atoms with Crippen LogP contribution in [-0.4, -0.2) is 77.7 Å². The summed E-state index contributed by atoms with van der Waals surface area (Å²) in [6, 6.07) is 1.45. The standard InChI is InChI=1S/C31H41N5O8S2/c1-8-9-21(25(37)35-46(41,42)19-10-11-19)33-26(38)22-16-18(43-27-20-13-15-45-23(20)12-14-32-27)17-36(22)28(39)24(30(2,3)4)34-29(40)44-31(5,6)7/h8-9,12-15,18-19,22,24H,1,10-11,16-17H2,2-7H3,(H,33,38)(H,34,40)(H,35,37)/b21-9+/t18-,22+,24-/m1/s1. The molecule has 15 heteroatoms. The van der Waals surface area contributed by atoms with Gasteiger partial charge in [0.15, 0.2) is 0 Å². The molecule has 0 bridgehead atoms. The van der Waals surface area contributed by atoms with E-state index in [2.05, 4.69) is 22.2 Å². The number of hydrogen-bond acceptors (Lipinski definition) is 10. The lowest BCUT2D eigenvalue weighted by atomic mass is 9.85. The molecule has 3 N–H and O–H groups in total. The highest BCUT2D eigenvalue weighted by Crippen LogP contribution is 2.32. The number of rotatable bonds is 10. The van der Waals surface area contributed by atoms with Crippen molar-refractivity contribution < 1.29 is 37.1 Å². The summed E-state index contributed by atoms with van der Waals surface area (Å²) < 4.78 is 39.4. The van der Waals surface area contributed by atoms with Gasteiger partial charge in [-0.15, -0.1) is 11.3 Å². The van der Waals surface area contributed by atoms with Crippen molar-refractivity contribution in [3.63, 3.8) is 0 Å². The molecule has 4 amide bonds. The number of carbonyl (C=O) groups is 4. The number of likely N-dealkylation sites (tertiary alicyclic amines) is 1. The van der Waals surface area contributed by atoms with Crippen molar-refractivity contribution in [2.75, 3.05) is 6.54 Å². The number of fused-ring (bicyclic) bond motifs is 1. The lowest BCUT2D eigenvalue weighted by Gasteiger charge is -2.35. The molecule has 250 valence electrons. The van der Waals surface area contributed by atoms with Gasteiger partial charge in [0.1, 0.15) is 29.5 Å². The summed E-state index contributed by atoms with van der Waals surface area (Å²) in [7, 11) is -3.91. The molecule has 0 aromatic carbocycles. The Balaban J connectivity index is 1.62. The van der Waals surface area contributed by atoms with E-state index >= 15 is 0 Å². The van der Waals surface area contributed by atoms with Crippen molar-refractivity contribution in [1.82, 2.24) is 25.2 Å². The van der Waals surface area contributed by atoms with Gasteiger partial charge in [-0.05, 0) is 62.6 Å². The van der Waals surface area contributed by atoms with Crippen LogP contribution in [0.1, 0.15) is 60.8 Å². The fourth-order valence-corrected chi connectivity index (χ4v) is 6.95. The van der Waals surface area contributed by atoms with E-state index in [1.165, 1.54) is 28.4 Å². The van der Waals surface area contributed by atoms with Crippen molar-refractivity contribution in [3.8, 4) is 5.88 Å². The fourth-order valence-electron chi connectivity index (χ4n) is 4.89. The molecular weight excluding hydrogens is 635 g/mol. The maximum atomic E-state index is 14.2. The quantitative estimate of drug-likeness (QED) is 0.252. The number of hydrogen-bond donors (Lipinski definition) is 3. The Labute approximate surface area is 272 Å². The van der Waals surface area contributed by atoms with E-state index in [0.29, 0.717) is 18.7 Å². The topological polar surface area (TPSA) is 173 Å². The number of allylic oxidation sites excluding steroid dienone is 2. The Morgan fingerprint density at radius 1 is 1.13 bits per heavy atom. The van der Waals surface area contributed by atoms with E-state index in [1.807, 2.05) is 22.2 Å². The normalized spacial score (nSPS) is 19.7. The van der Waals surface area contributed by atoms with E-state index in [9.17, 15) is 27.6 Å². The first-order chi connectivity index (χ1) is 21.4.